The normalized spacial score (nSPS) is 23.2. The summed E-state index contributed by atoms with van der Waals surface area (Å²) in [7, 11) is 0. The Bertz CT molecular complexity index is 521. The predicted octanol–water partition coefficient (Wildman–Crippen LogP) is 1.60. The van der Waals surface area contributed by atoms with Gasteiger partial charge in [0.25, 0.3) is 5.56 Å². The highest BCUT2D eigenvalue weighted by Crippen LogP contribution is 2.21. The quantitative estimate of drug-likeness (QED) is 0.829. The van der Waals surface area contributed by atoms with Gasteiger partial charge in [-0.1, -0.05) is 0 Å². The molecule has 1 aliphatic heterocycles. The van der Waals surface area contributed by atoms with Gasteiger partial charge in [0.2, 0.25) is 0 Å². The first-order valence-corrected chi connectivity index (χ1v) is 7.51. The molecule has 1 saturated heterocycles. The molecule has 1 atom stereocenters. The highest BCUT2D eigenvalue weighted by molar-refractivity contribution is 5.22. The van der Waals surface area contributed by atoms with E-state index >= 15 is 0 Å². The second-order valence-electron chi connectivity index (χ2n) is 6.12. The summed E-state index contributed by atoms with van der Waals surface area (Å²) in [6.45, 7) is 6.38. The molecule has 1 unspecified atom stereocenters. The molecule has 0 spiro atoms. The lowest BCUT2D eigenvalue weighted by atomic mass is 10.2. The zero-order valence-corrected chi connectivity index (χ0v) is 11.9. The molecule has 2 aliphatic rings. The Balaban J connectivity index is 1.82. The van der Waals surface area contributed by atoms with Crippen molar-refractivity contribution in [1.29, 1.82) is 0 Å². The molecule has 1 fully saturated rings. The van der Waals surface area contributed by atoms with Gasteiger partial charge in [-0.25, -0.2) is 4.68 Å². The molecule has 0 amide bonds. The zero-order chi connectivity index (χ0) is 13.4. The summed E-state index contributed by atoms with van der Waals surface area (Å²) in [6, 6.07) is 2.84. The van der Waals surface area contributed by atoms with Gasteiger partial charge in [-0.05, 0) is 58.1 Å². The fraction of sp³-hybridized carbons (Fsp3) is 0.733. The van der Waals surface area contributed by atoms with Gasteiger partial charge >= 0.3 is 0 Å². The van der Waals surface area contributed by atoms with Gasteiger partial charge in [-0.15, -0.1) is 0 Å². The summed E-state index contributed by atoms with van der Waals surface area (Å²) >= 11 is 0. The van der Waals surface area contributed by atoms with E-state index < -0.39 is 0 Å². The minimum Gasteiger partial charge on any atom is -0.296 e. The molecule has 104 valence electrons. The molecule has 4 heteroatoms. The monoisotopic (exact) mass is 261 g/mol. The van der Waals surface area contributed by atoms with Crippen molar-refractivity contribution in [3.05, 3.63) is 27.7 Å². The molecule has 0 radical (unpaired) electrons. The van der Waals surface area contributed by atoms with Gasteiger partial charge in [0.15, 0.2) is 0 Å². The van der Waals surface area contributed by atoms with Crippen LogP contribution in [-0.4, -0.2) is 33.3 Å². The maximum absolute atomic E-state index is 12.1. The average Bonchev–Trinajstić information content (AvgIpc) is 2.98. The largest absolute Gasteiger partial charge is 0.296 e. The smallest absolute Gasteiger partial charge is 0.267 e. The lowest BCUT2D eigenvalue weighted by molar-refractivity contribution is 0.181. The van der Waals surface area contributed by atoms with E-state index in [0.29, 0.717) is 12.1 Å². The Morgan fingerprint density at radius 2 is 2.21 bits per heavy atom. The third kappa shape index (κ3) is 2.46. The van der Waals surface area contributed by atoms with Gasteiger partial charge in [-0.2, -0.15) is 5.10 Å². The van der Waals surface area contributed by atoms with Crippen LogP contribution in [0.25, 0.3) is 0 Å². The molecule has 1 aromatic heterocycles. The number of fused-ring (bicyclic) bond motifs is 1. The maximum Gasteiger partial charge on any atom is 0.267 e. The summed E-state index contributed by atoms with van der Waals surface area (Å²) in [5.74, 6) is 0. The Kier molecular flexibility index (Phi) is 3.44. The van der Waals surface area contributed by atoms with Crippen LogP contribution in [0.1, 0.15) is 44.4 Å². The molecule has 1 aromatic rings. The Hall–Kier alpha value is -1.16. The molecule has 0 bridgehead atoms. The van der Waals surface area contributed by atoms with Crippen molar-refractivity contribution in [2.24, 2.45) is 0 Å². The Labute approximate surface area is 114 Å². The Morgan fingerprint density at radius 3 is 3.00 bits per heavy atom. The standard InChI is InChI=1S/C15H23N3O/c1-11(2)17-8-4-6-13(17)10-18-15(19)9-12-5-3-7-14(12)16-18/h9,11,13H,3-8,10H2,1-2H3. The van der Waals surface area contributed by atoms with Crippen molar-refractivity contribution < 1.29 is 0 Å². The van der Waals surface area contributed by atoms with Crippen molar-refractivity contribution >= 4 is 0 Å². The number of aryl methyl sites for hydroxylation is 2. The van der Waals surface area contributed by atoms with E-state index in [0.717, 1.165) is 38.0 Å². The molecule has 0 aromatic carbocycles. The maximum atomic E-state index is 12.1. The predicted molar refractivity (Wildman–Crippen MR) is 75.4 cm³/mol. The summed E-state index contributed by atoms with van der Waals surface area (Å²) in [5, 5.41) is 4.59. The van der Waals surface area contributed by atoms with Crippen molar-refractivity contribution in [2.75, 3.05) is 6.54 Å². The van der Waals surface area contributed by atoms with E-state index in [-0.39, 0.29) is 5.56 Å². The topological polar surface area (TPSA) is 38.1 Å². The second kappa shape index (κ2) is 5.08. The van der Waals surface area contributed by atoms with Gasteiger partial charge in [-0.3, -0.25) is 9.69 Å². The highest BCUT2D eigenvalue weighted by atomic mass is 16.1. The second-order valence-corrected chi connectivity index (χ2v) is 6.12. The van der Waals surface area contributed by atoms with Crippen LogP contribution < -0.4 is 5.56 Å². The van der Waals surface area contributed by atoms with Gasteiger partial charge in [0.05, 0.1) is 12.2 Å². The number of nitrogens with zero attached hydrogens (tertiary/aromatic N) is 3. The fourth-order valence-electron chi connectivity index (χ4n) is 3.50. The van der Waals surface area contributed by atoms with Crippen LogP contribution in [0, 0.1) is 0 Å². The third-order valence-electron chi connectivity index (χ3n) is 4.49. The van der Waals surface area contributed by atoms with E-state index in [1.54, 1.807) is 4.68 Å². The molecular weight excluding hydrogens is 238 g/mol. The Morgan fingerprint density at radius 1 is 1.37 bits per heavy atom. The molecule has 19 heavy (non-hydrogen) atoms. The zero-order valence-electron chi connectivity index (χ0n) is 11.9. The first kappa shape index (κ1) is 12.9. The average molecular weight is 261 g/mol. The van der Waals surface area contributed by atoms with Crippen molar-refractivity contribution in [3.63, 3.8) is 0 Å². The molecule has 0 N–H and O–H groups in total. The molecule has 4 nitrogen and oxygen atoms in total. The van der Waals surface area contributed by atoms with E-state index in [1.165, 1.54) is 18.4 Å². The van der Waals surface area contributed by atoms with E-state index in [2.05, 4.69) is 23.8 Å². The number of hydrogen-bond acceptors (Lipinski definition) is 3. The van der Waals surface area contributed by atoms with Crippen LogP contribution in [0.2, 0.25) is 0 Å². The number of rotatable bonds is 3. The summed E-state index contributed by atoms with van der Waals surface area (Å²) in [6.07, 6.45) is 5.63. The van der Waals surface area contributed by atoms with Crippen LogP contribution in [0.3, 0.4) is 0 Å². The van der Waals surface area contributed by atoms with Crippen LogP contribution in [0.4, 0.5) is 0 Å². The van der Waals surface area contributed by atoms with Crippen molar-refractivity contribution in [2.45, 2.75) is 64.6 Å². The highest BCUT2D eigenvalue weighted by Gasteiger charge is 2.27. The number of aromatic nitrogens is 2. The fourth-order valence-corrected chi connectivity index (χ4v) is 3.50. The lowest BCUT2D eigenvalue weighted by Crippen LogP contribution is -2.40. The van der Waals surface area contributed by atoms with Gasteiger partial charge in [0, 0.05) is 18.2 Å². The first-order chi connectivity index (χ1) is 9.15. The van der Waals surface area contributed by atoms with Crippen LogP contribution in [0.5, 0.6) is 0 Å². The third-order valence-corrected chi connectivity index (χ3v) is 4.49. The van der Waals surface area contributed by atoms with E-state index in [1.807, 2.05) is 6.07 Å². The van der Waals surface area contributed by atoms with Crippen LogP contribution in [0.15, 0.2) is 10.9 Å². The van der Waals surface area contributed by atoms with E-state index in [4.69, 9.17) is 0 Å². The summed E-state index contributed by atoms with van der Waals surface area (Å²) < 4.78 is 1.70. The van der Waals surface area contributed by atoms with Crippen LogP contribution >= 0.6 is 0 Å². The summed E-state index contributed by atoms with van der Waals surface area (Å²) in [4.78, 5) is 14.6. The molecule has 3 rings (SSSR count). The SMILES string of the molecule is CC(C)N1CCCC1Cn1nc2c(cc1=O)CCC2. The summed E-state index contributed by atoms with van der Waals surface area (Å²) in [5.41, 5.74) is 2.40. The van der Waals surface area contributed by atoms with Gasteiger partial charge in [0.1, 0.15) is 0 Å². The minimum atomic E-state index is 0.0799. The van der Waals surface area contributed by atoms with Crippen molar-refractivity contribution in [3.8, 4) is 0 Å². The molecular formula is C15H23N3O. The minimum absolute atomic E-state index is 0.0799. The van der Waals surface area contributed by atoms with Crippen molar-refractivity contribution in [1.82, 2.24) is 14.7 Å². The first-order valence-electron chi connectivity index (χ1n) is 7.51. The number of likely N-dealkylation sites (tertiary alicyclic amines) is 1. The van der Waals surface area contributed by atoms with Crippen LogP contribution in [-0.2, 0) is 19.4 Å². The number of hydrogen-bond donors (Lipinski definition) is 0. The molecule has 0 saturated carbocycles. The molecule has 1 aliphatic carbocycles. The van der Waals surface area contributed by atoms with Gasteiger partial charge < -0.3 is 0 Å². The molecule has 2 heterocycles. The lowest BCUT2D eigenvalue weighted by Gasteiger charge is -2.28. The van der Waals surface area contributed by atoms with E-state index in [9.17, 15) is 4.79 Å².